The predicted molar refractivity (Wildman–Crippen MR) is 96.1 cm³/mol. The molecule has 4 nitrogen and oxygen atoms in total. The third kappa shape index (κ3) is 6.30. The third-order valence-corrected chi connectivity index (χ3v) is 3.92. The van der Waals surface area contributed by atoms with E-state index in [-0.39, 0.29) is 13.2 Å². The minimum atomic E-state index is 0.213. The molecule has 0 saturated carbocycles. The number of hydrogen-bond acceptors (Lipinski definition) is 4. The zero-order valence-corrected chi connectivity index (χ0v) is 14.2. The van der Waals surface area contributed by atoms with E-state index in [1.165, 1.54) is 0 Å². The van der Waals surface area contributed by atoms with Crippen LogP contribution in [-0.2, 0) is 6.42 Å². The van der Waals surface area contributed by atoms with Crippen molar-refractivity contribution in [3.63, 3.8) is 0 Å². The molecular weight excluding hydrogens is 302 g/mol. The standard InChI is InChI=1S/C20H27NO3/c22-13-3-1-2-4-15-24-19-10-8-18(9-11-19)20-12-7-17(16-21-20)6-5-14-23/h7-12,16,22-23H,1-6,13-15H2. The number of rotatable bonds is 11. The van der Waals surface area contributed by atoms with Gasteiger partial charge in [-0.3, -0.25) is 4.98 Å². The van der Waals surface area contributed by atoms with Crippen LogP contribution in [-0.4, -0.2) is 35.0 Å². The molecule has 0 atom stereocenters. The third-order valence-electron chi connectivity index (χ3n) is 3.92. The molecule has 2 rings (SSSR count). The summed E-state index contributed by atoms with van der Waals surface area (Å²) in [6.07, 6.45) is 7.53. The van der Waals surface area contributed by atoms with Crippen molar-refractivity contribution < 1.29 is 14.9 Å². The van der Waals surface area contributed by atoms with Crippen LogP contribution in [0.5, 0.6) is 5.75 Å². The van der Waals surface area contributed by atoms with Crippen molar-refractivity contribution in [1.29, 1.82) is 0 Å². The van der Waals surface area contributed by atoms with Crippen molar-refractivity contribution in [3.05, 3.63) is 48.2 Å². The van der Waals surface area contributed by atoms with Gasteiger partial charge in [-0.15, -0.1) is 0 Å². The van der Waals surface area contributed by atoms with Crippen LogP contribution in [0.25, 0.3) is 11.3 Å². The summed E-state index contributed by atoms with van der Waals surface area (Å²) in [7, 11) is 0. The summed E-state index contributed by atoms with van der Waals surface area (Å²) in [5, 5.41) is 17.6. The van der Waals surface area contributed by atoms with Gasteiger partial charge in [0.1, 0.15) is 5.75 Å². The number of aryl methyl sites for hydroxylation is 1. The number of aromatic nitrogens is 1. The Kier molecular flexibility index (Phi) is 8.28. The number of unbranched alkanes of at least 4 members (excludes halogenated alkanes) is 3. The molecule has 0 aliphatic heterocycles. The maximum absolute atomic E-state index is 8.86. The molecule has 0 bridgehead atoms. The van der Waals surface area contributed by atoms with Crippen LogP contribution in [0.1, 0.15) is 37.7 Å². The molecule has 2 N–H and O–H groups in total. The Labute approximate surface area is 144 Å². The molecule has 1 heterocycles. The minimum absolute atomic E-state index is 0.213. The molecule has 0 spiro atoms. The van der Waals surface area contributed by atoms with E-state index in [1.807, 2.05) is 36.5 Å². The molecule has 0 radical (unpaired) electrons. The van der Waals surface area contributed by atoms with E-state index in [9.17, 15) is 0 Å². The van der Waals surface area contributed by atoms with Gasteiger partial charge in [0, 0.05) is 25.0 Å². The number of pyridine rings is 1. The summed E-state index contributed by atoms with van der Waals surface area (Å²) < 4.78 is 5.73. The largest absolute Gasteiger partial charge is 0.494 e. The average Bonchev–Trinajstić information content (AvgIpc) is 2.64. The van der Waals surface area contributed by atoms with E-state index < -0.39 is 0 Å². The van der Waals surface area contributed by atoms with Gasteiger partial charge < -0.3 is 14.9 Å². The quantitative estimate of drug-likeness (QED) is 0.618. The first kappa shape index (κ1) is 18.4. The maximum atomic E-state index is 8.86. The van der Waals surface area contributed by atoms with Crippen LogP contribution in [0.4, 0.5) is 0 Å². The van der Waals surface area contributed by atoms with E-state index in [2.05, 4.69) is 11.1 Å². The van der Waals surface area contributed by atoms with E-state index in [1.54, 1.807) is 0 Å². The molecule has 0 amide bonds. The summed E-state index contributed by atoms with van der Waals surface area (Å²) in [6, 6.07) is 12.1. The van der Waals surface area contributed by atoms with Gasteiger partial charge in [-0.25, -0.2) is 0 Å². The van der Waals surface area contributed by atoms with E-state index in [0.717, 1.165) is 61.1 Å². The highest BCUT2D eigenvalue weighted by Crippen LogP contribution is 2.21. The smallest absolute Gasteiger partial charge is 0.119 e. The lowest BCUT2D eigenvalue weighted by atomic mass is 10.1. The van der Waals surface area contributed by atoms with Crippen molar-refractivity contribution in [1.82, 2.24) is 4.98 Å². The minimum Gasteiger partial charge on any atom is -0.494 e. The van der Waals surface area contributed by atoms with Crippen LogP contribution < -0.4 is 4.74 Å². The van der Waals surface area contributed by atoms with Crippen LogP contribution in [0.3, 0.4) is 0 Å². The Balaban J connectivity index is 1.80. The zero-order valence-electron chi connectivity index (χ0n) is 14.2. The molecule has 0 aliphatic carbocycles. The highest BCUT2D eigenvalue weighted by atomic mass is 16.5. The molecule has 4 heteroatoms. The SMILES string of the molecule is OCCCCCCOc1ccc(-c2ccc(CCCO)cn2)cc1. The second-order valence-electron chi connectivity index (χ2n) is 5.89. The number of aliphatic hydroxyl groups excluding tert-OH is 2. The number of aliphatic hydroxyl groups is 2. The first-order valence-electron chi connectivity index (χ1n) is 8.73. The first-order valence-corrected chi connectivity index (χ1v) is 8.73. The van der Waals surface area contributed by atoms with Crippen molar-refractivity contribution in [3.8, 4) is 17.0 Å². The second kappa shape index (κ2) is 10.8. The molecule has 0 unspecified atom stereocenters. The van der Waals surface area contributed by atoms with Gasteiger partial charge in [-0.05, 0) is 68.0 Å². The number of ether oxygens (including phenoxy) is 1. The van der Waals surface area contributed by atoms with Gasteiger partial charge in [0.15, 0.2) is 0 Å². The molecule has 1 aromatic heterocycles. The fourth-order valence-electron chi connectivity index (χ4n) is 2.51. The summed E-state index contributed by atoms with van der Waals surface area (Å²) in [4.78, 5) is 4.49. The van der Waals surface area contributed by atoms with Crippen molar-refractivity contribution in [2.45, 2.75) is 38.5 Å². The Morgan fingerprint density at radius 3 is 2.21 bits per heavy atom. The maximum Gasteiger partial charge on any atom is 0.119 e. The van der Waals surface area contributed by atoms with Crippen LogP contribution in [0.2, 0.25) is 0 Å². The zero-order chi connectivity index (χ0) is 17.0. The molecule has 2 aromatic rings. The van der Waals surface area contributed by atoms with Crippen LogP contribution in [0.15, 0.2) is 42.6 Å². The summed E-state index contributed by atoms with van der Waals surface area (Å²) in [5.41, 5.74) is 3.16. The van der Waals surface area contributed by atoms with Gasteiger partial charge in [0.25, 0.3) is 0 Å². The molecule has 1 aromatic carbocycles. The summed E-state index contributed by atoms with van der Waals surface area (Å²) >= 11 is 0. The predicted octanol–water partition coefficient (Wildman–Crippen LogP) is 3.61. The van der Waals surface area contributed by atoms with E-state index in [0.29, 0.717) is 6.61 Å². The highest BCUT2D eigenvalue weighted by molar-refractivity contribution is 5.60. The number of benzene rings is 1. The fourth-order valence-corrected chi connectivity index (χ4v) is 2.51. The van der Waals surface area contributed by atoms with Gasteiger partial charge in [0.2, 0.25) is 0 Å². The topological polar surface area (TPSA) is 62.6 Å². The Morgan fingerprint density at radius 1 is 0.792 bits per heavy atom. The fraction of sp³-hybridized carbons (Fsp3) is 0.450. The van der Waals surface area contributed by atoms with Gasteiger partial charge in [-0.2, -0.15) is 0 Å². The molecule has 130 valence electrons. The molecule has 0 saturated heterocycles. The number of hydrogen-bond donors (Lipinski definition) is 2. The van der Waals surface area contributed by atoms with Gasteiger partial charge in [0.05, 0.1) is 12.3 Å². The lowest BCUT2D eigenvalue weighted by Crippen LogP contribution is -1.97. The van der Waals surface area contributed by atoms with Gasteiger partial charge in [-0.1, -0.05) is 12.5 Å². The van der Waals surface area contributed by atoms with Crippen LogP contribution >= 0.6 is 0 Å². The summed E-state index contributed by atoms with van der Waals surface area (Å²) in [5.74, 6) is 0.875. The summed E-state index contributed by atoms with van der Waals surface area (Å²) in [6.45, 7) is 1.20. The van der Waals surface area contributed by atoms with Gasteiger partial charge >= 0.3 is 0 Å². The van der Waals surface area contributed by atoms with Crippen molar-refractivity contribution in [2.75, 3.05) is 19.8 Å². The molecule has 24 heavy (non-hydrogen) atoms. The number of nitrogens with zero attached hydrogens (tertiary/aromatic N) is 1. The Hall–Kier alpha value is -1.91. The van der Waals surface area contributed by atoms with Crippen molar-refractivity contribution in [2.24, 2.45) is 0 Å². The molecule has 0 fully saturated rings. The average molecular weight is 329 g/mol. The molecular formula is C20H27NO3. The second-order valence-corrected chi connectivity index (χ2v) is 5.89. The lowest BCUT2D eigenvalue weighted by molar-refractivity contribution is 0.273. The highest BCUT2D eigenvalue weighted by Gasteiger charge is 2.01. The first-order chi connectivity index (χ1) is 11.8. The Morgan fingerprint density at radius 2 is 1.54 bits per heavy atom. The van der Waals surface area contributed by atoms with Crippen LogP contribution in [0, 0.1) is 0 Å². The monoisotopic (exact) mass is 329 g/mol. The van der Waals surface area contributed by atoms with E-state index in [4.69, 9.17) is 14.9 Å². The normalized spacial score (nSPS) is 10.8. The lowest BCUT2D eigenvalue weighted by Gasteiger charge is -2.07. The Bertz CT molecular complexity index is 566. The molecule has 0 aliphatic rings. The van der Waals surface area contributed by atoms with Crippen molar-refractivity contribution >= 4 is 0 Å². The van der Waals surface area contributed by atoms with E-state index >= 15 is 0 Å².